The number of benzene rings is 1. The van der Waals surface area contributed by atoms with Gasteiger partial charge in [0.25, 0.3) is 0 Å². The van der Waals surface area contributed by atoms with Crippen LogP contribution in [0.2, 0.25) is 0 Å². The molecule has 0 aliphatic rings. The third-order valence-corrected chi connectivity index (χ3v) is 4.52. The van der Waals surface area contributed by atoms with Gasteiger partial charge in [-0.3, -0.25) is 0 Å². The minimum Gasteiger partial charge on any atom is -0.357 e. The molecule has 0 saturated heterocycles. The van der Waals surface area contributed by atoms with Gasteiger partial charge in [-0.15, -0.1) is 11.3 Å². The summed E-state index contributed by atoms with van der Waals surface area (Å²) in [6, 6.07) is 14.7. The second-order valence-electron chi connectivity index (χ2n) is 5.33. The number of rotatable bonds is 6. The van der Waals surface area contributed by atoms with Crippen molar-refractivity contribution < 1.29 is 0 Å². The Morgan fingerprint density at radius 2 is 2.09 bits per heavy atom. The second kappa shape index (κ2) is 7.83. The summed E-state index contributed by atoms with van der Waals surface area (Å²) in [5.74, 6) is 0.864. The zero-order valence-corrected chi connectivity index (χ0v) is 14.1. The molecule has 0 bridgehead atoms. The topological polar surface area (TPSA) is 52.2 Å². The lowest BCUT2D eigenvalue weighted by Crippen LogP contribution is -2.38. The van der Waals surface area contributed by atoms with Crippen LogP contribution in [0.5, 0.6) is 0 Å². The first-order valence-electron chi connectivity index (χ1n) is 7.96. The van der Waals surface area contributed by atoms with Crippen molar-refractivity contribution in [2.75, 3.05) is 13.1 Å². The highest BCUT2D eigenvalue weighted by molar-refractivity contribution is 7.09. The number of H-pyrrole nitrogens is 1. The lowest BCUT2D eigenvalue weighted by molar-refractivity contribution is 0.802. The van der Waals surface area contributed by atoms with Gasteiger partial charge in [-0.25, -0.2) is 4.99 Å². The van der Waals surface area contributed by atoms with E-state index in [2.05, 4.69) is 69.3 Å². The maximum atomic E-state index is 4.66. The predicted octanol–water partition coefficient (Wildman–Crippen LogP) is 3.53. The average Bonchev–Trinajstić information content (AvgIpc) is 3.21. The zero-order chi connectivity index (χ0) is 15.9. The van der Waals surface area contributed by atoms with Gasteiger partial charge < -0.3 is 15.6 Å². The Bertz CT molecular complexity index is 725. The van der Waals surface area contributed by atoms with Crippen molar-refractivity contribution >= 4 is 28.2 Å². The third kappa shape index (κ3) is 4.36. The van der Waals surface area contributed by atoms with Crippen molar-refractivity contribution in [1.29, 1.82) is 0 Å². The summed E-state index contributed by atoms with van der Waals surface area (Å²) in [6.45, 7) is 4.47. The molecule has 0 radical (unpaired) electrons. The number of nitrogens with zero attached hydrogens (tertiary/aromatic N) is 1. The number of nitrogens with one attached hydrogen (secondary N) is 3. The Kier molecular flexibility index (Phi) is 5.32. The molecule has 0 atom stereocenters. The summed E-state index contributed by atoms with van der Waals surface area (Å²) in [7, 11) is 0. The molecule has 0 aliphatic carbocycles. The van der Waals surface area contributed by atoms with Crippen molar-refractivity contribution in [3.63, 3.8) is 0 Å². The van der Waals surface area contributed by atoms with Crippen molar-refractivity contribution in [2.24, 2.45) is 4.99 Å². The first-order valence-corrected chi connectivity index (χ1v) is 8.84. The highest BCUT2D eigenvalue weighted by Gasteiger charge is 2.01. The number of fused-ring (bicyclic) bond motifs is 1. The van der Waals surface area contributed by atoms with Gasteiger partial charge in [0.15, 0.2) is 5.96 Å². The van der Waals surface area contributed by atoms with Crippen LogP contribution >= 0.6 is 11.3 Å². The van der Waals surface area contributed by atoms with Crippen molar-refractivity contribution in [2.45, 2.75) is 19.9 Å². The van der Waals surface area contributed by atoms with E-state index in [0.717, 1.165) is 36.7 Å². The predicted molar refractivity (Wildman–Crippen MR) is 99.1 cm³/mol. The molecular weight excluding hydrogens is 304 g/mol. The molecule has 0 spiro atoms. The molecule has 2 aromatic heterocycles. The van der Waals surface area contributed by atoms with Gasteiger partial charge in [0.2, 0.25) is 0 Å². The van der Waals surface area contributed by atoms with E-state index in [9.17, 15) is 0 Å². The standard InChI is InChI=1S/C18H22N4S/c1-2-19-18(20-10-9-16-7-5-11-23-16)21-13-15-12-14-6-3-4-8-17(14)22-15/h3-8,11-12,22H,2,9-10,13H2,1H3,(H2,19,20,21). The fourth-order valence-electron chi connectivity index (χ4n) is 2.48. The quantitative estimate of drug-likeness (QED) is 0.479. The van der Waals surface area contributed by atoms with Crippen LogP contribution < -0.4 is 10.6 Å². The molecule has 3 N–H and O–H groups in total. The highest BCUT2D eigenvalue weighted by atomic mass is 32.1. The molecule has 1 aromatic carbocycles. The largest absolute Gasteiger partial charge is 0.357 e. The van der Waals surface area contributed by atoms with E-state index in [1.54, 1.807) is 11.3 Å². The Morgan fingerprint density at radius 1 is 1.17 bits per heavy atom. The van der Waals surface area contributed by atoms with Gasteiger partial charge in [-0.2, -0.15) is 0 Å². The third-order valence-electron chi connectivity index (χ3n) is 3.58. The number of aliphatic imine (C=N–C) groups is 1. The Labute approximate surface area is 140 Å². The summed E-state index contributed by atoms with van der Waals surface area (Å²) >= 11 is 1.80. The lowest BCUT2D eigenvalue weighted by Gasteiger charge is -2.10. The molecule has 0 amide bonds. The van der Waals surface area contributed by atoms with Crippen LogP contribution in [0.25, 0.3) is 10.9 Å². The lowest BCUT2D eigenvalue weighted by atomic mass is 10.2. The molecule has 0 fully saturated rings. The highest BCUT2D eigenvalue weighted by Crippen LogP contribution is 2.15. The molecule has 3 aromatic rings. The summed E-state index contributed by atoms with van der Waals surface area (Å²) in [6.07, 6.45) is 1.02. The van der Waals surface area contributed by atoms with Gasteiger partial charge in [0.1, 0.15) is 0 Å². The number of aromatic nitrogens is 1. The van der Waals surface area contributed by atoms with E-state index >= 15 is 0 Å². The summed E-state index contributed by atoms with van der Waals surface area (Å²) in [5, 5.41) is 10.0. The minimum atomic E-state index is 0.642. The number of aromatic amines is 1. The van der Waals surface area contributed by atoms with Crippen LogP contribution in [0.1, 0.15) is 17.5 Å². The molecule has 2 heterocycles. The Balaban J connectivity index is 1.59. The number of thiophene rings is 1. The Hall–Kier alpha value is -2.27. The van der Waals surface area contributed by atoms with Crippen LogP contribution in [-0.4, -0.2) is 24.0 Å². The first-order chi connectivity index (χ1) is 11.3. The second-order valence-corrected chi connectivity index (χ2v) is 6.37. The smallest absolute Gasteiger partial charge is 0.191 e. The van der Waals surface area contributed by atoms with Crippen molar-refractivity contribution in [3.05, 3.63) is 58.4 Å². The number of para-hydroxylation sites is 1. The van der Waals surface area contributed by atoms with Crippen molar-refractivity contribution in [3.8, 4) is 0 Å². The van der Waals surface area contributed by atoms with E-state index in [-0.39, 0.29) is 0 Å². The summed E-state index contributed by atoms with van der Waals surface area (Å²) in [4.78, 5) is 9.47. The Morgan fingerprint density at radius 3 is 2.87 bits per heavy atom. The molecule has 0 aliphatic heterocycles. The zero-order valence-electron chi connectivity index (χ0n) is 13.3. The fourth-order valence-corrected chi connectivity index (χ4v) is 3.19. The molecule has 5 heteroatoms. The summed E-state index contributed by atoms with van der Waals surface area (Å²) < 4.78 is 0. The van der Waals surface area contributed by atoms with Gasteiger partial charge in [0, 0.05) is 29.2 Å². The van der Waals surface area contributed by atoms with Gasteiger partial charge >= 0.3 is 0 Å². The van der Waals surface area contributed by atoms with Gasteiger partial charge in [-0.1, -0.05) is 24.3 Å². The van der Waals surface area contributed by atoms with E-state index < -0.39 is 0 Å². The number of hydrogen-bond acceptors (Lipinski definition) is 2. The normalized spacial score (nSPS) is 11.8. The average molecular weight is 326 g/mol. The van der Waals surface area contributed by atoms with Crippen LogP contribution in [0.4, 0.5) is 0 Å². The maximum absolute atomic E-state index is 4.66. The van der Waals surface area contributed by atoms with E-state index in [1.165, 1.54) is 10.3 Å². The molecule has 4 nitrogen and oxygen atoms in total. The number of guanidine groups is 1. The van der Waals surface area contributed by atoms with Crippen LogP contribution in [0.3, 0.4) is 0 Å². The van der Waals surface area contributed by atoms with Crippen LogP contribution in [0, 0.1) is 0 Å². The SMILES string of the molecule is CCNC(=NCc1cc2ccccc2[nH]1)NCCc1cccs1. The van der Waals surface area contributed by atoms with Gasteiger partial charge in [-0.05, 0) is 42.3 Å². The van der Waals surface area contributed by atoms with Crippen LogP contribution in [-0.2, 0) is 13.0 Å². The van der Waals surface area contributed by atoms with Crippen molar-refractivity contribution in [1.82, 2.24) is 15.6 Å². The number of hydrogen-bond donors (Lipinski definition) is 3. The maximum Gasteiger partial charge on any atom is 0.191 e. The molecule has 0 unspecified atom stereocenters. The fraction of sp³-hybridized carbons (Fsp3) is 0.278. The molecule has 23 heavy (non-hydrogen) atoms. The first kappa shape index (κ1) is 15.6. The van der Waals surface area contributed by atoms with E-state index in [1.807, 2.05) is 6.07 Å². The molecule has 0 saturated carbocycles. The van der Waals surface area contributed by atoms with Crippen LogP contribution in [0.15, 0.2) is 52.8 Å². The summed E-state index contributed by atoms with van der Waals surface area (Å²) in [5.41, 5.74) is 2.29. The minimum absolute atomic E-state index is 0.642. The van der Waals surface area contributed by atoms with E-state index in [4.69, 9.17) is 0 Å². The molecule has 3 rings (SSSR count). The monoisotopic (exact) mass is 326 g/mol. The molecular formula is C18H22N4S. The molecule has 120 valence electrons. The van der Waals surface area contributed by atoms with E-state index in [0.29, 0.717) is 6.54 Å². The van der Waals surface area contributed by atoms with Gasteiger partial charge in [0.05, 0.1) is 6.54 Å².